The van der Waals surface area contributed by atoms with Crippen LogP contribution in [-0.4, -0.2) is 60.1 Å². The van der Waals surface area contributed by atoms with Gasteiger partial charge in [0.1, 0.15) is 5.84 Å². The number of aliphatic hydroxyl groups is 1. The minimum atomic E-state index is -0.533. The van der Waals surface area contributed by atoms with Gasteiger partial charge in [-0.15, -0.1) is 0 Å². The number of aliphatic hydroxyl groups excluding tert-OH is 1. The fourth-order valence-electron chi connectivity index (χ4n) is 4.82. The van der Waals surface area contributed by atoms with Gasteiger partial charge in [0, 0.05) is 45.9 Å². The minimum Gasteiger partial charge on any atom is -0.503 e. The number of hydrogen-bond acceptors (Lipinski definition) is 5. The molecule has 1 N–H and O–H groups in total. The van der Waals surface area contributed by atoms with E-state index in [4.69, 9.17) is 5.26 Å². The van der Waals surface area contributed by atoms with Crippen molar-refractivity contribution < 1.29 is 14.7 Å². The van der Waals surface area contributed by atoms with Crippen molar-refractivity contribution in [1.82, 2.24) is 9.80 Å². The van der Waals surface area contributed by atoms with Crippen molar-refractivity contribution in [1.29, 1.82) is 5.26 Å². The Morgan fingerprint density at radius 3 is 2.28 bits per heavy atom. The van der Waals surface area contributed by atoms with Crippen LogP contribution in [0.4, 0.5) is 0 Å². The summed E-state index contributed by atoms with van der Waals surface area (Å²) < 4.78 is 0. The van der Waals surface area contributed by atoms with Gasteiger partial charge >= 0.3 is 0 Å². The van der Waals surface area contributed by atoms with Crippen molar-refractivity contribution in [3.05, 3.63) is 46.3 Å². The van der Waals surface area contributed by atoms with Gasteiger partial charge in [-0.1, -0.05) is 42.2 Å². The van der Waals surface area contributed by atoms with Gasteiger partial charge in [0.05, 0.1) is 6.07 Å². The summed E-state index contributed by atoms with van der Waals surface area (Å²) in [5, 5.41) is 17.5. The number of allylic oxidation sites excluding steroid dienone is 1. The summed E-state index contributed by atoms with van der Waals surface area (Å²) in [6, 6.07) is 8.46. The number of aldehydes is 1. The van der Waals surface area contributed by atoms with Crippen molar-refractivity contribution >= 4 is 18.0 Å². The van der Waals surface area contributed by atoms with E-state index in [-0.39, 0.29) is 17.0 Å². The van der Waals surface area contributed by atoms with Crippen molar-refractivity contribution in [2.75, 3.05) is 27.2 Å². The summed E-state index contributed by atoms with van der Waals surface area (Å²) >= 11 is 0. The highest BCUT2D eigenvalue weighted by Crippen LogP contribution is 2.45. The largest absolute Gasteiger partial charge is 0.503 e. The zero-order valence-corrected chi connectivity index (χ0v) is 19.8. The molecule has 1 saturated heterocycles. The summed E-state index contributed by atoms with van der Waals surface area (Å²) in [5.41, 5.74) is 3.80. The first-order valence-corrected chi connectivity index (χ1v) is 11.0. The summed E-state index contributed by atoms with van der Waals surface area (Å²) in [6.45, 7) is 6.70. The van der Waals surface area contributed by atoms with Crippen LogP contribution in [0.25, 0.3) is 0 Å². The van der Waals surface area contributed by atoms with E-state index in [1.54, 1.807) is 25.1 Å². The molecule has 1 aromatic rings. The Labute approximate surface area is 191 Å². The average molecular weight is 439 g/mol. The lowest BCUT2D eigenvalue weighted by atomic mass is 9.74. The van der Waals surface area contributed by atoms with E-state index in [1.165, 1.54) is 28.5 Å². The van der Waals surface area contributed by atoms with Gasteiger partial charge in [-0.05, 0) is 32.3 Å². The lowest BCUT2D eigenvalue weighted by Crippen LogP contribution is -2.51. The topological polar surface area (TPSA) is 97.0 Å². The van der Waals surface area contributed by atoms with Crippen LogP contribution < -0.4 is 0 Å². The molecule has 1 heterocycles. The lowest BCUT2D eigenvalue weighted by Gasteiger charge is -2.39. The van der Waals surface area contributed by atoms with Gasteiger partial charge in [0.25, 0.3) is 5.91 Å². The molecule has 0 bridgehead atoms. The molecule has 0 radical (unpaired) electrons. The van der Waals surface area contributed by atoms with E-state index < -0.39 is 5.76 Å². The Bertz CT molecular complexity index is 932. The number of carbonyl (C=O) groups excluding carboxylic acids is 2. The first-order valence-electron chi connectivity index (χ1n) is 11.0. The molecule has 1 aliphatic carbocycles. The predicted molar refractivity (Wildman–Crippen MR) is 125 cm³/mol. The molecule has 7 heteroatoms. The van der Waals surface area contributed by atoms with Gasteiger partial charge in [-0.2, -0.15) is 5.26 Å². The number of carbonyl (C=O) groups is 2. The molecule has 0 aromatic heterocycles. The zero-order chi connectivity index (χ0) is 23.9. The molecule has 172 valence electrons. The zero-order valence-electron chi connectivity index (χ0n) is 19.8. The van der Waals surface area contributed by atoms with Crippen LogP contribution in [0.3, 0.4) is 0 Å². The summed E-state index contributed by atoms with van der Waals surface area (Å²) in [4.78, 5) is 31.8. The number of aliphatic imine (C=N–C) groups is 1. The molecule has 3 rings (SSSR count). The maximum atomic E-state index is 12.7. The summed E-state index contributed by atoms with van der Waals surface area (Å²) in [7, 11) is 3.40. The van der Waals surface area contributed by atoms with Crippen molar-refractivity contribution in [3.8, 4) is 6.07 Å². The molecular formula is C25H34N4O3. The molecule has 2 fully saturated rings. The SMILES string of the molecule is CC#N.CN=C(CC1(c2cc(C)cc(C)c2)CCCC1)N1CCN(C)C(=O)/C1=C(\O)C=O. The Hall–Kier alpha value is -3.14. The molecule has 0 atom stereocenters. The maximum Gasteiger partial charge on any atom is 0.274 e. The number of hydrogen-bond donors (Lipinski definition) is 1. The third-order valence-electron chi connectivity index (χ3n) is 6.29. The van der Waals surface area contributed by atoms with Crippen molar-refractivity contribution in [2.24, 2.45) is 4.99 Å². The van der Waals surface area contributed by atoms with Gasteiger partial charge in [-0.25, -0.2) is 0 Å². The van der Waals surface area contributed by atoms with E-state index in [9.17, 15) is 14.7 Å². The molecule has 2 aliphatic rings. The predicted octanol–water partition coefficient (Wildman–Crippen LogP) is 3.81. The number of aryl methyl sites for hydroxylation is 2. The van der Waals surface area contributed by atoms with Crippen LogP contribution in [0.15, 0.2) is 34.6 Å². The number of benzene rings is 1. The highest BCUT2D eigenvalue weighted by atomic mass is 16.3. The number of amidine groups is 1. The first kappa shape index (κ1) is 25.1. The van der Waals surface area contributed by atoms with Gasteiger partial charge in [0.2, 0.25) is 0 Å². The fraction of sp³-hybridized carbons (Fsp3) is 0.520. The molecule has 7 nitrogen and oxygen atoms in total. The Kier molecular flexibility index (Phi) is 8.59. The van der Waals surface area contributed by atoms with Crippen molar-refractivity contribution in [2.45, 2.75) is 58.3 Å². The quantitative estimate of drug-likeness (QED) is 0.253. The monoisotopic (exact) mass is 438 g/mol. The second-order valence-electron chi connectivity index (χ2n) is 8.63. The number of rotatable bonds is 4. The molecule has 0 unspecified atom stereocenters. The lowest BCUT2D eigenvalue weighted by molar-refractivity contribution is -0.129. The number of nitriles is 1. The standard InChI is InChI=1S/C23H31N3O3.C2H3N/c1-16-11-17(2)13-18(12-16)23(7-5-6-8-23)14-20(24-3)26-10-9-25(4)22(29)21(26)19(28)15-27;1-2-3/h11-13,15,28H,5-10,14H2,1-4H3;1H3/b21-19+,24-20?;. The third-order valence-corrected chi connectivity index (χ3v) is 6.29. The van der Waals surface area contributed by atoms with Crippen LogP contribution in [0.1, 0.15) is 55.7 Å². The summed E-state index contributed by atoms with van der Waals surface area (Å²) in [6.07, 6.45) is 5.47. The summed E-state index contributed by atoms with van der Waals surface area (Å²) in [5.74, 6) is -0.139. The van der Waals surface area contributed by atoms with Gasteiger partial charge < -0.3 is 14.9 Å². The second kappa shape index (κ2) is 10.9. The van der Waals surface area contributed by atoms with Crippen LogP contribution in [0.5, 0.6) is 0 Å². The highest BCUT2D eigenvalue weighted by Gasteiger charge is 2.40. The Morgan fingerprint density at radius 2 is 1.78 bits per heavy atom. The minimum absolute atomic E-state index is 0.0305. The van der Waals surface area contributed by atoms with E-state index in [2.05, 4.69) is 37.0 Å². The van der Waals surface area contributed by atoms with Gasteiger partial charge in [0.15, 0.2) is 17.7 Å². The highest BCUT2D eigenvalue weighted by molar-refractivity contribution is 6.03. The van der Waals surface area contributed by atoms with E-state index in [0.29, 0.717) is 25.8 Å². The molecule has 0 spiro atoms. The number of nitrogens with zero attached hydrogens (tertiary/aromatic N) is 4. The van der Waals surface area contributed by atoms with Crippen LogP contribution >= 0.6 is 0 Å². The van der Waals surface area contributed by atoms with E-state index in [0.717, 1.165) is 31.5 Å². The first-order chi connectivity index (χ1) is 15.2. The molecule has 32 heavy (non-hydrogen) atoms. The average Bonchev–Trinajstić information content (AvgIpc) is 3.23. The number of likely N-dealkylation sites (N-methyl/N-ethyl adjacent to an activating group) is 1. The normalized spacial score (nSPS) is 19.8. The van der Waals surface area contributed by atoms with Crippen LogP contribution in [-0.2, 0) is 15.0 Å². The second-order valence-corrected chi connectivity index (χ2v) is 8.63. The van der Waals surface area contributed by atoms with Crippen LogP contribution in [0.2, 0.25) is 0 Å². The fourth-order valence-corrected chi connectivity index (χ4v) is 4.82. The molecule has 1 saturated carbocycles. The van der Waals surface area contributed by atoms with E-state index >= 15 is 0 Å². The molecular weight excluding hydrogens is 404 g/mol. The third kappa shape index (κ3) is 5.37. The Balaban J connectivity index is 0.00000114. The molecule has 1 aromatic carbocycles. The van der Waals surface area contributed by atoms with Crippen LogP contribution in [0, 0.1) is 25.2 Å². The Morgan fingerprint density at radius 1 is 1.22 bits per heavy atom. The number of piperazine rings is 1. The van der Waals surface area contributed by atoms with E-state index in [1.807, 2.05) is 0 Å². The smallest absolute Gasteiger partial charge is 0.274 e. The van der Waals surface area contributed by atoms with Crippen molar-refractivity contribution in [3.63, 3.8) is 0 Å². The van der Waals surface area contributed by atoms with Gasteiger partial charge in [-0.3, -0.25) is 14.6 Å². The number of amides is 1. The molecule has 1 amide bonds. The maximum absolute atomic E-state index is 12.7. The molecule has 1 aliphatic heterocycles.